The molecule has 3 aromatic rings. The molecule has 7 heteroatoms. The Morgan fingerprint density at radius 3 is 2.51 bits per heavy atom. The molecule has 1 atom stereocenters. The van der Waals surface area contributed by atoms with Crippen LogP contribution in [0.1, 0.15) is 53.0 Å². The Hall–Kier alpha value is -3.32. The van der Waals surface area contributed by atoms with Crippen LogP contribution in [0.15, 0.2) is 42.6 Å². The van der Waals surface area contributed by atoms with Crippen molar-refractivity contribution >= 4 is 11.6 Å². The molecule has 7 nitrogen and oxygen atoms in total. The third kappa shape index (κ3) is 5.82. The van der Waals surface area contributed by atoms with E-state index in [0.29, 0.717) is 0 Å². The van der Waals surface area contributed by atoms with E-state index in [4.69, 9.17) is 4.74 Å². The van der Waals surface area contributed by atoms with Gasteiger partial charge in [0.05, 0.1) is 18.8 Å². The summed E-state index contributed by atoms with van der Waals surface area (Å²) in [6.07, 6.45) is 4.81. The van der Waals surface area contributed by atoms with Crippen molar-refractivity contribution in [3.63, 3.8) is 0 Å². The number of piperazine rings is 1. The van der Waals surface area contributed by atoms with E-state index in [0.717, 1.165) is 77.0 Å². The van der Waals surface area contributed by atoms with Gasteiger partial charge in [-0.1, -0.05) is 6.07 Å². The SMILES string of the molecule is COc1cc(-c2cn(C)nc2C)cc([C@@H](C)NC(=O)c2cc(N3CCN(CC4CC4)CC3)ccc2C)c1. The van der Waals surface area contributed by atoms with Crippen LogP contribution < -0.4 is 15.0 Å². The Morgan fingerprint density at radius 2 is 1.86 bits per heavy atom. The number of nitrogens with one attached hydrogen (secondary N) is 1. The second-order valence-electron chi connectivity index (χ2n) is 10.7. The topological polar surface area (TPSA) is 62.6 Å². The first kappa shape index (κ1) is 25.3. The maximum absolute atomic E-state index is 13.4. The number of nitrogens with zero attached hydrogens (tertiary/aromatic N) is 4. The number of aryl methyl sites for hydroxylation is 3. The molecule has 2 aliphatic rings. The molecule has 1 saturated carbocycles. The van der Waals surface area contributed by atoms with E-state index >= 15 is 0 Å². The Bertz CT molecular complexity index is 1270. The van der Waals surface area contributed by atoms with Crippen molar-refractivity contribution in [2.45, 2.75) is 39.7 Å². The molecule has 1 saturated heterocycles. The highest BCUT2D eigenvalue weighted by Crippen LogP contribution is 2.32. The van der Waals surface area contributed by atoms with E-state index in [1.54, 1.807) is 7.11 Å². The molecule has 1 N–H and O–H groups in total. The number of rotatable bonds is 8. The first-order chi connectivity index (χ1) is 17.8. The van der Waals surface area contributed by atoms with Gasteiger partial charge in [-0.2, -0.15) is 5.10 Å². The van der Waals surface area contributed by atoms with Crippen molar-refractivity contribution in [3.05, 3.63) is 65.0 Å². The van der Waals surface area contributed by atoms with Gasteiger partial charge in [0.2, 0.25) is 0 Å². The van der Waals surface area contributed by atoms with E-state index in [-0.39, 0.29) is 11.9 Å². The fourth-order valence-corrected chi connectivity index (χ4v) is 5.29. The fraction of sp³-hybridized carbons (Fsp3) is 0.467. The summed E-state index contributed by atoms with van der Waals surface area (Å²) in [6, 6.07) is 12.2. The molecule has 1 aromatic heterocycles. The van der Waals surface area contributed by atoms with Gasteiger partial charge < -0.3 is 15.0 Å². The lowest BCUT2D eigenvalue weighted by atomic mass is 9.99. The standard InChI is InChI=1S/C30H39N5O2/c1-20-6-9-26(35-12-10-34(11-13-35)18-23-7-8-23)17-28(20)30(36)31-21(2)24-14-25(16-27(15-24)37-5)29-19-33(4)32-22(29)3/h6,9,14-17,19,21,23H,7-8,10-13,18H2,1-5H3,(H,31,36)/t21-/m1/s1. The molecular formula is C30H39N5O2. The number of carbonyl (C=O) groups excluding carboxylic acids is 1. The molecule has 0 spiro atoms. The van der Waals surface area contributed by atoms with Crippen molar-refractivity contribution in [1.82, 2.24) is 20.0 Å². The third-order valence-electron chi connectivity index (χ3n) is 7.75. The number of aromatic nitrogens is 2. The summed E-state index contributed by atoms with van der Waals surface area (Å²) >= 11 is 0. The largest absolute Gasteiger partial charge is 0.497 e. The van der Waals surface area contributed by atoms with Gasteiger partial charge in [0.15, 0.2) is 0 Å². The summed E-state index contributed by atoms with van der Waals surface area (Å²) in [5.74, 6) is 1.63. The number of hydrogen-bond donors (Lipinski definition) is 1. The highest BCUT2D eigenvalue weighted by atomic mass is 16.5. The third-order valence-corrected chi connectivity index (χ3v) is 7.75. The minimum atomic E-state index is -0.188. The van der Waals surface area contributed by atoms with Crippen molar-refractivity contribution in [2.75, 3.05) is 44.7 Å². The van der Waals surface area contributed by atoms with Crippen LogP contribution >= 0.6 is 0 Å². The molecule has 0 unspecified atom stereocenters. The molecule has 1 aliphatic carbocycles. The van der Waals surface area contributed by atoms with Crippen molar-refractivity contribution in [2.24, 2.45) is 13.0 Å². The van der Waals surface area contributed by atoms with Gasteiger partial charge in [0.25, 0.3) is 5.91 Å². The highest BCUT2D eigenvalue weighted by Gasteiger charge is 2.27. The minimum Gasteiger partial charge on any atom is -0.497 e. The van der Waals surface area contributed by atoms with Crippen LogP contribution in [0, 0.1) is 19.8 Å². The highest BCUT2D eigenvalue weighted by molar-refractivity contribution is 5.97. The minimum absolute atomic E-state index is 0.0545. The predicted octanol–water partition coefficient (Wildman–Crippen LogP) is 4.74. The van der Waals surface area contributed by atoms with Gasteiger partial charge >= 0.3 is 0 Å². The zero-order valence-electron chi connectivity index (χ0n) is 22.8. The average molecular weight is 502 g/mol. The van der Waals surface area contributed by atoms with Gasteiger partial charge in [-0.25, -0.2) is 0 Å². The van der Waals surface area contributed by atoms with E-state index in [1.807, 2.05) is 50.8 Å². The van der Waals surface area contributed by atoms with Crippen LogP contribution in [0.3, 0.4) is 0 Å². The smallest absolute Gasteiger partial charge is 0.252 e. The molecule has 0 bridgehead atoms. The van der Waals surface area contributed by atoms with Gasteiger partial charge in [-0.3, -0.25) is 14.4 Å². The van der Waals surface area contributed by atoms with Crippen LogP contribution in [-0.4, -0.2) is 60.4 Å². The lowest BCUT2D eigenvalue weighted by Gasteiger charge is -2.36. The van der Waals surface area contributed by atoms with Crippen molar-refractivity contribution in [3.8, 4) is 16.9 Å². The average Bonchev–Trinajstić information content (AvgIpc) is 3.64. The Kier molecular flexibility index (Phi) is 7.24. The number of methoxy groups -OCH3 is 1. The predicted molar refractivity (Wildman–Crippen MR) is 148 cm³/mol. The first-order valence-electron chi connectivity index (χ1n) is 13.4. The molecule has 2 heterocycles. The second-order valence-corrected chi connectivity index (χ2v) is 10.7. The molecule has 2 aromatic carbocycles. The summed E-state index contributed by atoms with van der Waals surface area (Å²) in [5, 5.41) is 7.71. The Labute approximate surface area is 220 Å². The number of anilines is 1. The number of hydrogen-bond acceptors (Lipinski definition) is 5. The number of amides is 1. The molecule has 1 amide bonds. The second kappa shape index (κ2) is 10.6. The molecule has 5 rings (SSSR count). The van der Waals surface area contributed by atoms with E-state index in [9.17, 15) is 4.79 Å². The number of ether oxygens (including phenoxy) is 1. The first-order valence-corrected chi connectivity index (χ1v) is 13.4. The van der Waals surface area contributed by atoms with Gasteiger partial charge in [-0.15, -0.1) is 0 Å². The van der Waals surface area contributed by atoms with Crippen LogP contribution in [0.25, 0.3) is 11.1 Å². The molecule has 196 valence electrons. The molecular weight excluding hydrogens is 462 g/mol. The van der Waals surface area contributed by atoms with Crippen LogP contribution in [0.4, 0.5) is 5.69 Å². The molecule has 0 radical (unpaired) electrons. The Balaban J connectivity index is 1.30. The van der Waals surface area contributed by atoms with Gasteiger partial charge in [-0.05, 0) is 86.6 Å². The summed E-state index contributed by atoms with van der Waals surface area (Å²) in [4.78, 5) is 18.4. The van der Waals surface area contributed by atoms with E-state index in [2.05, 4.69) is 44.5 Å². The van der Waals surface area contributed by atoms with E-state index < -0.39 is 0 Å². The molecule has 1 aliphatic heterocycles. The van der Waals surface area contributed by atoms with Gasteiger partial charge in [0.1, 0.15) is 5.75 Å². The maximum Gasteiger partial charge on any atom is 0.252 e. The quantitative estimate of drug-likeness (QED) is 0.483. The zero-order valence-corrected chi connectivity index (χ0v) is 22.8. The summed E-state index contributed by atoms with van der Waals surface area (Å²) in [7, 11) is 3.59. The monoisotopic (exact) mass is 501 g/mol. The van der Waals surface area contributed by atoms with Crippen LogP contribution in [-0.2, 0) is 7.05 Å². The van der Waals surface area contributed by atoms with Gasteiger partial charge in [0, 0.05) is 62.8 Å². The van der Waals surface area contributed by atoms with Crippen molar-refractivity contribution in [1.29, 1.82) is 0 Å². The number of benzene rings is 2. The van der Waals surface area contributed by atoms with Crippen LogP contribution in [0.2, 0.25) is 0 Å². The van der Waals surface area contributed by atoms with Crippen LogP contribution in [0.5, 0.6) is 5.75 Å². The summed E-state index contributed by atoms with van der Waals surface area (Å²) in [5.41, 5.74) is 6.88. The maximum atomic E-state index is 13.4. The zero-order chi connectivity index (χ0) is 26.1. The normalized spacial score (nSPS) is 17.1. The molecule has 37 heavy (non-hydrogen) atoms. The lowest BCUT2D eigenvalue weighted by molar-refractivity contribution is 0.0939. The summed E-state index contributed by atoms with van der Waals surface area (Å²) < 4.78 is 7.41. The van der Waals surface area contributed by atoms with Crippen molar-refractivity contribution < 1.29 is 9.53 Å². The lowest BCUT2D eigenvalue weighted by Crippen LogP contribution is -2.47. The molecule has 2 fully saturated rings. The Morgan fingerprint density at radius 1 is 1.11 bits per heavy atom. The number of carbonyl (C=O) groups is 1. The van der Waals surface area contributed by atoms with E-state index in [1.165, 1.54) is 19.4 Å². The fourth-order valence-electron chi connectivity index (χ4n) is 5.29. The summed E-state index contributed by atoms with van der Waals surface area (Å²) in [6.45, 7) is 11.5.